The molecule has 1 aromatic rings. The van der Waals surface area contributed by atoms with Crippen molar-refractivity contribution >= 4 is 0 Å². The lowest BCUT2D eigenvalue weighted by Crippen LogP contribution is -2.17. The Morgan fingerprint density at radius 2 is 1.94 bits per heavy atom. The summed E-state index contributed by atoms with van der Waals surface area (Å²) >= 11 is 0. The molecule has 0 atom stereocenters. The van der Waals surface area contributed by atoms with Gasteiger partial charge < -0.3 is 9.84 Å². The molecule has 17 heavy (non-hydrogen) atoms. The summed E-state index contributed by atoms with van der Waals surface area (Å²) in [6, 6.07) is 6.34. The van der Waals surface area contributed by atoms with Crippen LogP contribution in [0.2, 0.25) is 0 Å². The van der Waals surface area contributed by atoms with Crippen molar-refractivity contribution in [1.29, 1.82) is 0 Å². The molecule has 0 unspecified atom stereocenters. The second-order valence-corrected chi connectivity index (χ2v) is 6.10. The Morgan fingerprint density at radius 3 is 2.35 bits per heavy atom. The Bertz CT molecular complexity index is 411. The molecule has 0 heterocycles. The SMILES string of the molecule is COc1ccc(C2(CO)CC2)cc1C(C)(C)C. The largest absolute Gasteiger partial charge is 0.496 e. The Morgan fingerprint density at radius 1 is 1.29 bits per heavy atom. The zero-order valence-corrected chi connectivity index (χ0v) is 11.2. The number of hydrogen-bond donors (Lipinski definition) is 1. The highest BCUT2D eigenvalue weighted by Gasteiger charge is 2.44. The normalized spacial score (nSPS) is 17.9. The van der Waals surface area contributed by atoms with Gasteiger partial charge in [-0.3, -0.25) is 0 Å². The number of methoxy groups -OCH3 is 1. The first-order valence-electron chi connectivity index (χ1n) is 6.23. The van der Waals surface area contributed by atoms with Crippen molar-refractivity contribution in [3.8, 4) is 5.75 Å². The van der Waals surface area contributed by atoms with E-state index in [2.05, 4.69) is 32.9 Å². The lowest BCUT2D eigenvalue weighted by molar-refractivity contribution is 0.255. The molecular weight excluding hydrogens is 212 g/mol. The molecule has 1 saturated carbocycles. The first kappa shape index (κ1) is 12.4. The molecule has 0 aromatic heterocycles. The van der Waals surface area contributed by atoms with Gasteiger partial charge in [-0.15, -0.1) is 0 Å². The van der Waals surface area contributed by atoms with Crippen LogP contribution >= 0.6 is 0 Å². The van der Waals surface area contributed by atoms with Gasteiger partial charge in [0.25, 0.3) is 0 Å². The lowest BCUT2D eigenvalue weighted by Gasteiger charge is -2.24. The van der Waals surface area contributed by atoms with E-state index in [0.29, 0.717) is 0 Å². The van der Waals surface area contributed by atoms with Crippen LogP contribution in [0.15, 0.2) is 18.2 Å². The molecule has 0 amide bonds. The van der Waals surface area contributed by atoms with Gasteiger partial charge in [0.05, 0.1) is 13.7 Å². The van der Waals surface area contributed by atoms with E-state index in [1.165, 1.54) is 11.1 Å². The lowest BCUT2D eigenvalue weighted by atomic mass is 9.83. The molecule has 0 saturated heterocycles. The molecule has 1 aliphatic rings. The third-order valence-electron chi connectivity index (χ3n) is 3.78. The molecule has 1 fully saturated rings. The van der Waals surface area contributed by atoms with E-state index in [1.807, 2.05) is 6.07 Å². The maximum atomic E-state index is 9.50. The first-order chi connectivity index (χ1) is 7.93. The predicted molar refractivity (Wildman–Crippen MR) is 69.7 cm³/mol. The Hall–Kier alpha value is -1.02. The summed E-state index contributed by atoms with van der Waals surface area (Å²) in [5.74, 6) is 0.940. The van der Waals surface area contributed by atoms with Gasteiger partial charge >= 0.3 is 0 Å². The molecule has 0 radical (unpaired) electrons. The number of aliphatic hydroxyl groups is 1. The zero-order chi connectivity index (χ0) is 12.7. The van der Waals surface area contributed by atoms with Gasteiger partial charge in [-0.05, 0) is 35.4 Å². The van der Waals surface area contributed by atoms with Crippen LogP contribution in [0.4, 0.5) is 0 Å². The summed E-state index contributed by atoms with van der Waals surface area (Å²) < 4.78 is 5.43. The molecule has 94 valence electrons. The first-order valence-corrected chi connectivity index (χ1v) is 6.23. The summed E-state index contributed by atoms with van der Waals surface area (Å²) in [6.45, 7) is 6.82. The fourth-order valence-corrected chi connectivity index (χ4v) is 2.31. The van der Waals surface area contributed by atoms with Gasteiger partial charge in [-0.1, -0.05) is 32.9 Å². The van der Waals surface area contributed by atoms with Crippen molar-refractivity contribution in [1.82, 2.24) is 0 Å². The summed E-state index contributed by atoms with van der Waals surface area (Å²) in [6.07, 6.45) is 2.19. The van der Waals surface area contributed by atoms with Gasteiger partial charge in [-0.2, -0.15) is 0 Å². The maximum Gasteiger partial charge on any atom is 0.122 e. The number of ether oxygens (including phenoxy) is 1. The average Bonchev–Trinajstić information content (AvgIpc) is 3.08. The van der Waals surface area contributed by atoms with E-state index >= 15 is 0 Å². The van der Waals surface area contributed by atoms with E-state index in [-0.39, 0.29) is 17.4 Å². The van der Waals surface area contributed by atoms with E-state index in [0.717, 1.165) is 18.6 Å². The minimum Gasteiger partial charge on any atom is -0.496 e. The van der Waals surface area contributed by atoms with E-state index in [9.17, 15) is 5.11 Å². The minimum atomic E-state index is 0.0340. The number of aliphatic hydroxyl groups excluding tert-OH is 1. The molecule has 1 aliphatic carbocycles. The fraction of sp³-hybridized carbons (Fsp3) is 0.600. The van der Waals surface area contributed by atoms with Crippen LogP contribution in [0.3, 0.4) is 0 Å². The highest BCUT2D eigenvalue weighted by Crippen LogP contribution is 2.49. The number of benzene rings is 1. The van der Waals surface area contributed by atoms with Crippen LogP contribution in [0.25, 0.3) is 0 Å². The number of rotatable bonds is 3. The van der Waals surface area contributed by atoms with E-state index in [1.54, 1.807) is 7.11 Å². The van der Waals surface area contributed by atoms with Crippen LogP contribution < -0.4 is 4.74 Å². The van der Waals surface area contributed by atoms with Crippen LogP contribution in [-0.4, -0.2) is 18.8 Å². The standard InChI is InChI=1S/C15H22O2/c1-14(2,3)12-9-11(5-6-13(12)17-4)15(10-16)7-8-15/h5-6,9,16H,7-8,10H2,1-4H3. The third kappa shape index (κ3) is 2.19. The second kappa shape index (κ2) is 4.02. The fourth-order valence-electron chi connectivity index (χ4n) is 2.31. The molecule has 0 aliphatic heterocycles. The highest BCUT2D eigenvalue weighted by atomic mass is 16.5. The molecule has 0 spiro atoms. The van der Waals surface area contributed by atoms with Gasteiger partial charge in [-0.25, -0.2) is 0 Å². The van der Waals surface area contributed by atoms with Crippen LogP contribution in [0.1, 0.15) is 44.7 Å². The predicted octanol–water partition coefficient (Wildman–Crippen LogP) is 3.02. The molecule has 2 rings (SSSR count). The summed E-state index contributed by atoms with van der Waals surface area (Å²) in [4.78, 5) is 0. The van der Waals surface area contributed by atoms with Crippen molar-refractivity contribution in [2.45, 2.75) is 44.4 Å². The van der Waals surface area contributed by atoms with Crippen molar-refractivity contribution < 1.29 is 9.84 Å². The van der Waals surface area contributed by atoms with Crippen LogP contribution in [0, 0.1) is 0 Å². The quantitative estimate of drug-likeness (QED) is 0.871. The Kier molecular flexibility index (Phi) is 2.94. The molecule has 1 aromatic carbocycles. The number of hydrogen-bond acceptors (Lipinski definition) is 2. The molecule has 0 bridgehead atoms. The average molecular weight is 234 g/mol. The van der Waals surface area contributed by atoms with Crippen LogP contribution in [0.5, 0.6) is 5.75 Å². The summed E-state index contributed by atoms with van der Waals surface area (Å²) in [5, 5.41) is 9.50. The van der Waals surface area contributed by atoms with Gasteiger partial charge in [0.2, 0.25) is 0 Å². The van der Waals surface area contributed by atoms with Gasteiger partial charge in [0.1, 0.15) is 5.75 Å². The highest BCUT2D eigenvalue weighted by molar-refractivity contribution is 5.45. The minimum absolute atomic E-state index is 0.0340. The second-order valence-electron chi connectivity index (χ2n) is 6.10. The van der Waals surface area contributed by atoms with Gasteiger partial charge in [0, 0.05) is 5.41 Å². The molecule has 2 nitrogen and oxygen atoms in total. The molecule has 1 N–H and O–H groups in total. The third-order valence-corrected chi connectivity index (χ3v) is 3.78. The molecule has 2 heteroatoms. The van der Waals surface area contributed by atoms with Crippen molar-refractivity contribution in [2.75, 3.05) is 13.7 Å². The van der Waals surface area contributed by atoms with Crippen molar-refractivity contribution in [3.05, 3.63) is 29.3 Å². The van der Waals surface area contributed by atoms with Crippen molar-refractivity contribution in [2.24, 2.45) is 0 Å². The zero-order valence-electron chi connectivity index (χ0n) is 11.2. The van der Waals surface area contributed by atoms with Gasteiger partial charge in [0.15, 0.2) is 0 Å². The summed E-state index contributed by atoms with van der Waals surface area (Å²) in [7, 11) is 1.71. The summed E-state index contributed by atoms with van der Waals surface area (Å²) in [5.41, 5.74) is 2.57. The Balaban J connectivity index is 2.46. The smallest absolute Gasteiger partial charge is 0.122 e. The molecular formula is C15H22O2. The van der Waals surface area contributed by atoms with Crippen molar-refractivity contribution in [3.63, 3.8) is 0 Å². The topological polar surface area (TPSA) is 29.5 Å². The van der Waals surface area contributed by atoms with E-state index in [4.69, 9.17) is 4.74 Å². The van der Waals surface area contributed by atoms with E-state index < -0.39 is 0 Å². The maximum absolute atomic E-state index is 9.50. The Labute approximate surface area is 104 Å². The van der Waals surface area contributed by atoms with Crippen LogP contribution in [-0.2, 0) is 10.8 Å². The monoisotopic (exact) mass is 234 g/mol.